The third kappa shape index (κ3) is 4.18. The Labute approximate surface area is 170 Å². The molecule has 29 heavy (non-hydrogen) atoms. The van der Waals surface area contributed by atoms with Gasteiger partial charge in [0.25, 0.3) is 0 Å². The zero-order valence-electron chi connectivity index (χ0n) is 17.1. The Morgan fingerprint density at radius 1 is 0.793 bits per heavy atom. The second-order valence-corrected chi connectivity index (χ2v) is 9.29. The van der Waals surface area contributed by atoms with Gasteiger partial charge in [0, 0.05) is 0 Å². The van der Waals surface area contributed by atoms with Crippen LogP contribution in [0.3, 0.4) is 0 Å². The molecule has 0 radical (unpaired) electrons. The lowest BCUT2D eigenvalue weighted by molar-refractivity contribution is 0.113. The van der Waals surface area contributed by atoms with E-state index < -0.39 is 28.7 Å². The Balaban J connectivity index is 1.49. The Kier molecular flexibility index (Phi) is 6.17. The van der Waals surface area contributed by atoms with Crippen LogP contribution in [0.25, 0.3) is 10.8 Å². The van der Waals surface area contributed by atoms with Crippen molar-refractivity contribution in [3.05, 3.63) is 47.0 Å². The van der Waals surface area contributed by atoms with Gasteiger partial charge in [-0.25, -0.2) is 17.6 Å². The fourth-order valence-corrected chi connectivity index (χ4v) is 5.88. The molecule has 4 heteroatoms. The minimum atomic E-state index is -1.61. The van der Waals surface area contributed by atoms with Gasteiger partial charge in [-0.2, -0.15) is 0 Å². The van der Waals surface area contributed by atoms with Crippen molar-refractivity contribution in [3.8, 4) is 0 Å². The van der Waals surface area contributed by atoms with Gasteiger partial charge in [-0.15, -0.1) is 0 Å². The van der Waals surface area contributed by atoms with Crippen molar-refractivity contribution in [1.29, 1.82) is 0 Å². The minimum Gasteiger partial charge on any atom is -0.206 e. The molecule has 2 unspecified atom stereocenters. The molecule has 0 amide bonds. The van der Waals surface area contributed by atoms with E-state index in [1.807, 2.05) is 0 Å². The normalized spacial score (nSPS) is 27.2. The van der Waals surface area contributed by atoms with Gasteiger partial charge >= 0.3 is 0 Å². The van der Waals surface area contributed by atoms with Gasteiger partial charge in [-0.3, -0.25) is 0 Å². The maximum atomic E-state index is 14.6. The number of benzene rings is 2. The first-order valence-electron chi connectivity index (χ1n) is 11.2. The van der Waals surface area contributed by atoms with Crippen LogP contribution in [0.15, 0.2) is 18.2 Å². The Morgan fingerprint density at radius 2 is 1.55 bits per heavy atom. The second kappa shape index (κ2) is 8.65. The van der Waals surface area contributed by atoms with E-state index in [2.05, 4.69) is 6.92 Å². The van der Waals surface area contributed by atoms with E-state index >= 15 is 0 Å². The van der Waals surface area contributed by atoms with Gasteiger partial charge in [0.1, 0.15) is 5.82 Å². The van der Waals surface area contributed by atoms with Crippen LogP contribution in [-0.2, 0) is 0 Å². The Bertz CT molecular complexity index is 875. The van der Waals surface area contributed by atoms with Crippen molar-refractivity contribution in [3.63, 3.8) is 0 Å². The zero-order chi connectivity index (χ0) is 20.5. The van der Waals surface area contributed by atoms with Crippen molar-refractivity contribution in [2.24, 2.45) is 17.8 Å². The average molecular weight is 407 g/mol. The molecule has 0 N–H and O–H groups in total. The monoisotopic (exact) mass is 406 g/mol. The topological polar surface area (TPSA) is 0 Å². The lowest BCUT2D eigenvalue weighted by Gasteiger charge is -2.42. The third-order valence-corrected chi connectivity index (χ3v) is 7.46. The highest BCUT2D eigenvalue weighted by Crippen LogP contribution is 2.48. The summed E-state index contributed by atoms with van der Waals surface area (Å²) < 4.78 is 55.7. The van der Waals surface area contributed by atoms with Crippen molar-refractivity contribution >= 4 is 10.8 Å². The number of rotatable bonds is 5. The highest BCUT2D eigenvalue weighted by Gasteiger charge is 2.36. The van der Waals surface area contributed by atoms with Gasteiger partial charge in [-0.05, 0) is 78.9 Å². The lowest BCUT2D eigenvalue weighted by Crippen LogP contribution is -2.30. The predicted molar refractivity (Wildman–Crippen MR) is 109 cm³/mol. The molecule has 0 aliphatic heterocycles. The van der Waals surface area contributed by atoms with Crippen LogP contribution in [-0.4, -0.2) is 0 Å². The summed E-state index contributed by atoms with van der Waals surface area (Å²) >= 11 is 0. The first-order chi connectivity index (χ1) is 14.0. The molecule has 2 fully saturated rings. The summed E-state index contributed by atoms with van der Waals surface area (Å²) in [6, 6.07) is 3.91. The number of hydrogen-bond donors (Lipinski definition) is 0. The van der Waals surface area contributed by atoms with Crippen LogP contribution in [0.5, 0.6) is 0 Å². The Hall–Kier alpha value is -1.58. The fourth-order valence-electron chi connectivity index (χ4n) is 5.88. The lowest BCUT2D eigenvalue weighted by atomic mass is 9.63. The molecular weight excluding hydrogens is 376 g/mol. The zero-order valence-corrected chi connectivity index (χ0v) is 17.1. The number of unbranched alkanes of at least 4 members (excludes halogenated alkanes) is 2. The van der Waals surface area contributed by atoms with Crippen LogP contribution in [0.4, 0.5) is 17.6 Å². The maximum Gasteiger partial charge on any atom is 0.195 e. The molecule has 4 rings (SSSR count). The van der Waals surface area contributed by atoms with Crippen LogP contribution < -0.4 is 0 Å². The van der Waals surface area contributed by atoms with E-state index in [0.29, 0.717) is 5.92 Å². The first-order valence-corrected chi connectivity index (χ1v) is 11.2. The molecule has 2 aromatic carbocycles. The maximum absolute atomic E-state index is 14.6. The Morgan fingerprint density at radius 3 is 2.34 bits per heavy atom. The predicted octanol–water partition coefficient (Wildman–Crippen LogP) is 8.28. The summed E-state index contributed by atoms with van der Waals surface area (Å²) in [4.78, 5) is 0. The molecule has 0 nitrogen and oxygen atoms in total. The third-order valence-electron chi connectivity index (χ3n) is 7.46. The van der Waals surface area contributed by atoms with E-state index in [-0.39, 0.29) is 11.3 Å². The molecule has 0 aromatic heterocycles. The largest absolute Gasteiger partial charge is 0.206 e. The number of fused-ring (bicyclic) bond motifs is 2. The molecule has 2 aromatic rings. The standard InChI is InChI=1S/C25H30F4/c1-2-3-4-5-15-6-7-17-11-18(9-8-16(17)10-15)19-12-20-14-22(27)24(28)25(29)23(20)21(26)13-19/h12-18H,2-11H2,1H3/t15-,16?,17-,18?/m1/s1. The van der Waals surface area contributed by atoms with Crippen molar-refractivity contribution in [2.45, 2.75) is 77.0 Å². The molecule has 2 aliphatic carbocycles. The van der Waals surface area contributed by atoms with E-state index in [1.54, 1.807) is 6.07 Å². The molecule has 0 heterocycles. The second-order valence-electron chi connectivity index (χ2n) is 9.29. The van der Waals surface area contributed by atoms with Gasteiger partial charge in [0.2, 0.25) is 0 Å². The van der Waals surface area contributed by atoms with Gasteiger partial charge in [0.05, 0.1) is 5.39 Å². The summed E-state index contributed by atoms with van der Waals surface area (Å²) in [7, 11) is 0. The van der Waals surface area contributed by atoms with E-state index in [1.165, 1.54) is 51.0 Å². The van der Waals surface area contributed by atoms with Crippen LogP contribution in [0, 0.1) is 41.0 Å². The quantitative estimate of drug-likeness (QED) is 0.266. The van der Waals surface area contributed by atoms with Crippen LogP contribution in [0.2, 0.25) is 0 Å². The summed E-state index contributed by atoms with van der Waals surface area (Å²) in [5.41, 5.74) is 0.795. The minimum absolute atomic E-state index is 0.109. The van der Waals surface area contributed by atoms with E-state index in [9.17, 15) is 17.6 Å². The van der Waals surface area contributed by atoms with Crippen molar-refractivity contribution < 1.29 is 17.6 Å². The smallest absolute Gasteiger partial charge is 0.195 e. The highest BCUT2D eigenvalue weighted by atomic mass is 19.2. The number of halogens is 4. The van der Waals surface area contributed by atoms with Gasteiger partial charge in [-0.1, -0.05) is 45.1 Å². The summed E-state index contributed by atoms with van der Waals surface area (Å²) in [5.74, 6) is -2.61. The molecule has 158 valence electrons. The summed E-state index contributed by atoms with van der Waals surface area (Å²) in [6.45, 7) is 2.24. The van der Waals surface area contributed by atoms with Gasteiger partial charge < -0.3 is 0 Å². The molecule has 4 atom stereocenters. The number of hydrogen-bond acceptors (Lipinski definition) is 0. The molecule has 0 spiro atoms. The SMILES string of the molecule is CCCCC[C@@H]1CC[C@@H]2CC(c3cc(F)c4c(F)c(F)c(F)cc4c3)CCC2C1. The molecular formula is C25H30F4. The summed E-state index contributed by atoms with van der Waals surface area (Å²) in [5, 5.41) is -0.341. The first kappa shape index (κ1) is 20.7. The van der Waals surface area contributed by atoms with Crippen molar-refractivity contribution in [1.82, 2.24) is 0 Å². The average Bonchev–Trinajstić information content (AvgIpc) is 2.71. The van der Waals surface area contributed by atoms with E-state index in [0.717, 1.165) is 42.7 Å². The highest BCUT2D eigenvalue weighted by molar-refractivity contribution is 5.84. The molecule has 0 saturated heterocycles. The van der Waals surface area contributed by atoms with Gasteiger partial charge in [0.15, 0.2) is 17.5 Å². The van der Waals surface area contributed by atoms with E-state index in [4.69, 9.17) is 0 Å². The van der Waals surface area contributed by atoms with Crippen LogP contribution >= 0.6 is 0 Å². The molecule has 0 bridgehead atoms. The molecule has 2 aliphatic rings. The molecule has 2 saturated carbocycles. The fraction of sp³-hybridized carbons (Fsp3) is 0.600. The van der Waals surface area contributed by atoms with Crippen molar-refractivity contribution in [2.75, 3.05) is 0 Å². The summed E-state index contributed by atoms with van der Waals surface area (Å²) in [6.07, 6.45) is 12.3. The van der Waals surface area contributed by atoms with Crippen LogP contribution in [0.1, 0.15) is 82.6 Å².